The predicted molar refractivity (Wildman–Crippen MR) is 86.6 cm³/mol. The first-order chi connectivity index (χ1) is 10.4. The lowest BCUT2D eigenvalue weighted by atomic mass is 10.1. The van der Waals surface area contributed by atoms with Crippen LogP contribution in [0.2, 0.25) is 0 Å². The number of hydrogen-bond acceptors (Lipinski definition) is 3. The molecule has 0 bridgehead atoms. The van der Waals surface area contributed by atoms with Gasteiger partial charge in [-0.2, -0.15) is 0 Å². The number of primary sulfonamides is 1. The average Bonchev–Trinajstić information content (AvgIpc) is 2.47. The molecule has 0 fully saturated rings. The molecule has 0 heterocycles. The zero-order chi connectivity index (χ0) is 16.0. The van der Waals surface area contributed by atoms with Gasteiger partial charge in [-0.05, 0) is 29.7 Å². The number of hydrogen-bond donors (Lipinski definition) is 2. The smallest absolute Gasteiger partial charge is 0.224 e. The maximum Gasteiger partial charge on any atom is 0.224 e. The Morgan fingerprint density at radius 3 is 2.18 bits per heavy atom. The minimum Gasteiger partial charge on any atom is -0.326 e. The van der Waals surface area contributed by atoms with E-state index in [1.807, 2.05) is 30.3 Å². The van der Waals surface area contributed by atoms with E-state index in [0.29, 0.717) is 24.1 Å². The first-order valence-electron chi connectivity index (χ1n) is 6.85. The second-order valence-corrected chi connectivity index (χ2v) is 6.65. The lowest BCUT2D eigenvalue weighted by molar-refractivity contribution is -0.116. The summed E-state index contributed by atoms with van der Waals surface area (Å²) in [5, 5.41) is 7.77. The van der Waals surface area contributed by atoms with Crippen LogP contribution in [0.1, 0.15) is 17.5 Å². The summed E-state index contributed by atoms with van der Waals surface area (Å²) in [6, 6.07) is 16.4. The monoisotopic (exact) mass is 318 g/mol. The number of sulfonamides is 1. The molecule has 0 atom stereocenters. The second kappa shape index (κ2) is 7.20. The molecule has 0 radical (unpaired) electrons. The molecule has 1 amide bonds. The molecule has 116 valence electrons. The van der Waals surface area contributed by atoms with Gasteiger partial charge in [0.15, 0.2) is 0 Å². The molecule has 0 saturated carbocycles. The molecule has 0 spiro atoms. The van der Waals surface area contributed by atoms with Crippen molar-refractivity contribution in [3.8, 4) is 0 Å². The Morgan fingerprint density at radius 1 is 0.955 bits per heavy atom. The Morgan fingerprint density at radius 2 is 1.59 bits per heavy atom. The third-order valence-electron chi connectivity index (χ3n) is 3.09. The molecule has 0 aliphatic heterocycles. The van der Waals surface area contributed by atoms with Gasteiger partial charge in [-0.15, -0.1) is 0 Å². The van der Waals surface area contributed by atoms with Crippen LogP contribution in [-0.2, 0) is 27.0 Å². The standard InChI is InChI=1S/C16H18N2O3S/c17-22(20,21)12-14-6-9-15(10-7-14)18-16(19)11-8-13-4-2-1-3-5-13/h1-7,9-10H,8,11-12H2,(H,18,19)(H2,17,20,21). The van der Waals surface area contributed by atoms with E-state index in [2.05, 4.69) is 5.32 Å². The summed E-state index contributed by atoms with van der Waals surface area (Å²) in [6.45, 7) is 0. The number of carbonyl (C=O) groups excluding carboxylic acids is 1. The third-order valence-corrected chi connectivity index (χ3v) is 3.82. The molecule has 2 aromatic rings. The normalized spacial score (nSPS) is 11.1. The quantitative estimate of drug-likeness (QED) is 0.854. The molecule has 2 aromatic carbocycles. The topological polar surface area (TPSA) is 89.3 Å². The van der Waals surface area contributed by atoms with Gasteiger partial charge in [0.2, 0.25) is 15.9 Å². The first kappa shape index (κ1) is 16.2. The Balaban J connectivity index is 1.86. The van der Waals surface area contributed by atoms with E-state index in [-0.39, 0.29) is 11.7 Å². The number of rotatable bonds is 6. The Hall–Kier alpha value is -2.18. The van der Waals surface area contributed by atoms with Crippen LogP contribution in [0.25, 0.3) is 0 Å². The SMILES string of the molecule is NS(=O)(=O)Cc1ccc(NC(=O)CCc2ccccc2)cc1. The van der Waals surface area contributed by atoms with Crippen LogP contribution < -0.4 is 10.5 Å². The minimum absolute atomic E-state index is 0.0805. The summed E-state index contributed by atoms with van der Waals surface area (Å²) in [5.41, 5.74) is 2.34. The zero-order valence-electron chi connectivity index (χ0n) is 12.0. The summed E-state index contributed by atoms with van der Waals surface area (Å²) in [6.07, 6.45) is 1.07. The molecular weight excluding hydrogens is 300 g/mol. The highest BCUT2D eigenvalue weighted by Crippen LogP contribution is 2.12. The van der Waals surface area contributed by atoms with E-state index < -0.39 is 10.0 Å². The fourth-order valence-electron chi connectivity index (χ4n) is 2.04. The molecule has 0 aliphatic rings. The summed E-state index contributed by atoms with van der Waals surface area (Å²) in [7, 11) is -3.54. The van der Waals surface area contributed by atoms with Crippen LogP contribution in [0.4, 0.5) is 5.69 Å². The van der Waals surface area contributed by atoms with E-state index in [1.54, 1.807) is 24.3 Å². The number of carbonyl (C=O) groups is 1. The zero-order valence-corrected chi connectivity index (χ0v) is 12.8. The third kappa shape index (κ3) is 5.67. The highest BCUT2D eigenvalue weighted by Gasteiger charge is 2.06. The number of anilines is 1. The van der Waals surface area contributed by atoms with E-state index in [4.69, 9.17) is 5.14 Å². The van der Waals surface area contributed by atoms with Crippen molar-refractivity contribution in [3.63, 3.8) is 0 Å². The van der Waals surface area contributed by atoms with Crippen molar-refractivity contribution in [2.45, 2.75) is 18.6 Å². The second-order valence-electron chi connectivity index (χ2n) is 5.04. The Kier molecular flexibility index (Phi) is 5.30. The molecule has 3 N–H and O–H groups in total. The van der Waals surface area contributed by atoms with Crippen molar-refractivity contribution in [1.29, 1.82) is 0 Å². The van der Waals surface area contributed by atoms with Crippen LogP contribution in [0.15, 0.2) is 54.6 Å². The molecule has 0 saturated heterocycles. The fraction of sp³-hybridized carbons (Fsp3) is 0.188. The van der Waals surface area contributed by atoms with Crippen LogP contribution in [0.3, 0.4) is 0 Å². The van der Waals surface area contributed by atoms with Crippen LogP contribution >= 0.6 is 0 Å². The number of nitrogens with two attached hydrogens (primary N) is 1. The van der Waals surface area contributed by atoms with Crippen LogP contribution in [0.5, 0.6) is 0 Å². The molecule has 0 unspecified atom stereocenters. The predicted octanol–water partition coefficient (Wildman–Crippen LogP) is 2.05. The van der Waals surface area contributed by atoms with Crippen molar-refractivity contribution in [2.24, 2.45) is 5.14 Å². The van der Waals surface area contributed by atoms with E-state index >= 15 is 0 Å². The summed E-state index contributed by atoms with van der Waals surface area (Å²) in [4.78, 5) is 11.9. The van der Waals surface area contributed by atoms with Crippen molar-refractivity contribution < 1.29 is 13.2 Å². The number of amides is 1. The molecule has 0 aliphatic carbocycles. The Labute approximate surface area is 130 Å². The van der Waals surface area contributed by atoms with Gasteiger partial charge < -0.3 is 5.32 Å². The molecule has 5 nitrogen and oxygen atoms in total. The van der Waals surface area contributed by atoms with Crippen molar-refractivity contribution in [1.82, 2.24) is 0 Å². The number of aryl methyl sites for hydroxylation is 1. The van der Waals surface area contributed by atoms with Crippen molar-refractivity contribution >= 4 is 21.6 Å². The van der Waals surface area contributed by atoms with Gasteiger partial charge in [-0.25, -0.2) is 13.6 Å². The van der Waals surface area contributed by atoms with Crippen LogP contribution in [0, 0.1) is 0 Å². The maximum atomic E-state index is 11.9. The van der Waals surface area contributed by atoms with Crippen molar-refractivity contribution in [3.05, 3.63) is 65.7 Å². The lowest BCUT2D eigenvalue weighted by Gasteiger charge is -2.06. The van der Waals surface area contributed by atoms with Gasteiger partial charge in [-0.3, -0.25) is 4.79 Å². The molecule has 22 heavy (non-hydrogen) atoms. The van der Waals surface area contributed by atoms with E-state index in [9.17, 15) is 13.2 Å². The summed E-state index contributed by atoms with van der Waals surface area (Å²) >= 11 is 0. The molecule has 2 rings (SSSR count). The first-order valence-corrected chi connectivity index (χ1v) is 8.57. The van der Waals surface area contributed by atoms with Crippen LogP contribution in [-0.4, -0.2) is 14.3 Å². The fourth-order valence-corrected chi connectivity index (χ4v) is 2.70. The van der Waals surface area contributed by atoms with Gasteiger partial charge in [0.05, 0.1) is 5.75 Å². The molecule has 0 aromatic heterocycles. The average molecular weight is 318 g/mol. The van der Waals surface area contributed by atoms with Gasteiger partial charge in [-0.1, -0.05) is 42.5 Å². The van der Waals surface area contributed by atoms with E-state index in [0.717, 1.165) is 5.56 Å². The summed E-state index contributed by atoms with van der Waals surface area (Å²) < 4.78 is 22.0. The number of nitrogens with one attached hydrogen (secondary N) is 1. The highest BCUT2D eigenvalue weighted by molar-refractivity contribution is 7.88. The van der Waals surface area contributed by atoms with Gasteiger partial charge in [0.1, 0.15) is 0 Å². The van der Waals surface area contributed by atoms with Gasteiger partial charge >= 0.3 is 0 Å². The largest absolute Gasteiger partial charge is 0.326 e. The molecular formula is C16H18N2O3S. The number of benzene rings is 2. The van der Waals surface area contributed by atoms with Gasteiger partial charge in [0, 0.05) is 12.1 Å². The minimum atomic E-state index is -3.54. The Bertz CT molecular complexity index is 726. The highest BCUT2D eigenvalue weighted by atomic mass is 32.2. The lowest BCUT2D eigenvalue weighted by Crippen LogP contribution is -2.15. The molecule has 6 heteroatoms. The summed E-state index contributed by atoms with van der Waals surface area (Å²) in [5.74, 6) is -0.294. The van der Waals surface area contributed by atoms with E-state index in [1.165, 1.54) is 0 Å². The maximum absolute atomic E-state index is 11.9. The van der Waals surface area contributed by atoms with Crippen molar-refractivity contribution in [2.75, 3.05) is 5.32 Å². The van der Waals surface area contributed by atoms with Gasteiger partial charge in [0.25, 0.3) is 0 Å².